The molecule has 1 aromatic carbocycles. The minimum Gasteiger partial charge on any atom is -0.299 e. The quantitative estimate of drug-likeness (QED) is 0.728. The van der Waals surface area contributed by atoms with Crippen LogP contribution in [0, 0.1) is 17.7 Å². The van der Waals surface area contributed by atoms with Crippen molar-refractivity contribution in [1.82, 2.24) is 5.32 Å². The Hall–Kier alpha value is -1.33. The van der Waals surface area contributed by atoms with Gasteiger partial charge in [-0.3, -0.25) is 5.32 Å². The van der Waals surface area contributed by atoms with Crippen molar-refractivity contribution < 1.29 is 4.39 Å². The van der Waals surface area contributed by atoms with Gasteiger partial charge in [-0.2, -0.15) is 0 Å². The highest BCUT2D eigenvalue weighted by Crippen LogP contribution is 2.31. The van der Waals surface area contributed by atoms with E-state index < -0.39 is 0 Å². The average Bonchev–Trinajstić information content (AvgIpc) is 2.61. The lowest BCUT2D eigenvalue weighted by atomic mass is 10.1. The number of hydrogen-bond donors (Lipinski definition) is 1. The summed E-state index contributed by atoms with van der Waals surface area (Å²) in [6.07, 6.45) is 2.01. The number of rotatable bonds is 2. The van der Waals surface area contributed by atoms with Crippen molar-refractivity contribution in [3.05, 3.63) is 35.1 Å². The van der Waals surface area contributed by atoms with Crippen molar-refractivity contribution in [2.45, 2.75) is 25.8 Å². The van der Waals surface area contributed by atoms with Crippen LogP contribution in [0.4, 0.5) is 4.39 Å². The molecule has 78 valence electrons. The summed E-state index contributed by atoms with van der Waals surface area (Å²) in [4.78, 5) is 0. The minimum atomic E-state index is -0.136. The predicted molar refractivity (Wildman–Crippen MR) is 58.9 cm³/mol. The summed E-state index contributed by atoms with van der Waals surface area (Å²) in [6.45, 7) is 2.54. The number of benzene rings is 1. The van der Waals surface area contributed by atoms with Gasteiger partial charge in [0.1, 0.15) is 5.82 Å². The van der Waals surface area contributed by atoms with Gasteiger partial charge in [0.25, 0.3) is 0 Å². The van der Waals surface area contributed by atoms with E-state index in [4.69, 9.17) is 0 Å². The maximum Gasteiger partial charge on any atom is 0.123 e. The van der Waals surface area contributed by atoms with E-state index in [2.05, 4.69) is 17.2 Å². The zero-order valence-electron chi connectivity index (χ0n) is 8.81. The van der Waals surface area contributed by atoms with Gasteiger partial charge in [0.15, 0.2) is 0 Å². The molecule has 0 radical (unpaired) electrons. The summed E-state index contributed by atoms with van der Waals surface area (Å²) < 4.78 is 13.0. The molecular formula is C13H14FN. The largest absolute Gasteiger partial charge is 0.299 e. The second-order valence-corrected chi connectivity index (χ2v) is 3.74. The molecule has 15 heavy (non-hydrogen) atoms. The van der Waals surface area contributed by atoms with Crippen LogP contribution in [-0.2, 0) is 6.42 Å². The Labute approximate surface area is 89.7 Å². The molecule has 0 amide bonds. The normalized spacial score (nSPS) is 18.1. The molecule has 1 N–H and O–H groups in total. The first kappa shape index (κ1) is 10.2. The lowest BCUT2D eigenvalue weighted by Crippen LogP contribution is -2.19. The monoisotopic (exact) mass is 203 g/mol. The first-order chi connectivity index (χ1) is 7.31. The molecule has 0 heterocycles. The van der Waals surface area contributed by atoms with Gasteiger partial charge in [-0.05, 0) is 43.0 Å². The van der Waals surface area contributed by atoms with Crippen molar-refractivity contribution in [2.24, 2.45) is 0 Å². The number of fused-ring (bicyclic) bond motifs is 1. The molecule has 2 heteroatoms. The Bertz CT molecular complexity index is 414. The Balaban J connectivity index is 2.10. The van der Waals surface area contributed by atoms with E-state index in [1.54, 1.807) is 6.07 Å². The first-order valence-corrected chi connectivity index (χ1v) is 5.22. The summed E-state index contributed by atoms with van der Waals surface area (Å²) >= 11 is 0. The van der Waals surface area contributed by atoms with Crippen LogP contribution in [0.5, 0.6) is 0 Å². The molecule has 1 aliphatic rings. The van der Waals surface area contributed by atoms with Crippen LogP contribution in [0.1, 0.15) is 30.5 Å². The molecule has 0 saturated carbocycles. The van der Waals surface area contributed by atoms with E-state index in [0.29, 0.717) is 12.6 Å². The third-order valence-corrected chi connectivity index (χ3v) is 2.80. The van der Waals surface area contributed by atoms with E-state index in [9.17, 15) is 4.39 Å². The van der Waals surface area contributed by atoms with Crippen molar-refractivity contribution in [1.29, 1.82) is 0 Å². The van der Waals surface area contributed by atoms with Crippen LogP contribution in [-0.4, -0.2) is 6.54 Å². The molecule has 1 unspecified atom stereocenters. The Morgan fingerprint density at radius 2 is 2.40 bits per heavy atom. The van der Waals surface area contributed by atoms with E-state index in [1.165, 1.54) is 11.6 Å². The smallest absolute Gasteiger partial charge is 0.123 e. The maximum absolute atomic E-state index is 13.0. The SMILES string of the molecule is CC#CCNC1CCc2cc(F)ccc21. The fraction of sp³-hybridized carbons (Fsp3) is 0.385. The predicted octanol–water partition coefficient (Wildman–Crippen LogP) is 2.43. The molecule has 2 rings (SSSR count). The lowest BCUT2D eigenvalue weighted by molar-refractivity contribution is 0.568. The molecule has 1 aromatic rings. The van der Waals surface area contributed by atoms with Gasteiger partial charge < -0.3 is 0 Å². The maximum atomic E-state index is 13.0. The highest BCUT2D eigenvalue weighted by molar-refractivity contribution is 5.35. The first-order valence-electron chi connectivity index (χ1n) is 5.22. The second-order valence-electron chi connectivity index (χ2n) is 3.74. The van der Waals surface area contributed by atoms with Crippen LogP contribution >= 0.6 is 0 Å². The Kier molecular flexibility index (Phi) is 3.03. The molecule has 0 aromatic heterocycles. The summed E-state index contributed by atoms with van der Waals surface area (Å²) in [5.41, 5.74) is 2.37. The highest BCUT2D eigenvalue weighted by atomic mass is 19.1. The topological polar surface area (TPSA) is 12.0 Å². The summed E-state index contributed by atoms with van der Waals surface area (Å²) in [7, 11) is 0. The van der Waals surface area contributed by atoms with Crippen molar-refractivity contribution in [3.8, 4) is 11.8 Å². The van der Waals surface area contributed by atoms with Crippen LogP contribution in [0.25, 0.3) is 0 Å². The average molecular weight is 203 g/mol. The van der Waals surface area contributed by atoms with E-state index in [1.807, 2.05) is 13.0 Å². The van der Waals surface area contributed by atoms with Crippen LogP contribution < -0.4 is 5.32 Å². The van der Waals surface area contributed by atoms with Crippen LogP contribution in [0.15, 0.2) is 18.2 Å². The molecule has 0 spiro atoms. The van der Waals surface area contributed by atoms with Gasteiger partial charge in [0.05, 0.1) is 6.54 Å². The van der Waals surface area contributed by atoms with E-state index in [-0.39, 0.29) is 5.82 Å². The van der Waals surface area contributed by atoms with Gasteiger partial charge in [-0.15, -0.1) is 5.92 Å². The Morgan fingerprint density at radius 1 is 1.53 bits per heavy atom. The molecule has 1 aliphatic carbocycles. The lowest BCUT2D eigenvalue weighted by Gasteiger charge is -2.11. The van der Waals surface area contributed by atoms with Gasteiger partial charge >= 0.3 is 0 Å². The molecule has 1 nitrogen and oxygen atoms in total. The molecular weight excluding hydrogens is 189 g/mol. The third kappa shape index (κ3) is 2.19. The van der Waals surface area contributed by atoms with Gasteiger partial charge in [-0.1, -0.05) is 12.0 Å². The summed E-state index contributed by atoms with van der Waals surface area (Å²) in [5, 5.41) is 3.36. The molecule has 1 atom stereocenters. The number of halogens is 1. The summed E-state index contributed by atoms with van der Waals surface area (Å²) in [6, 6.07) is 5.41. The summed E-state index contributed by atoms with van der Waals surface area (Å²) in [5.74, 6) is 5.70. The molecule has 0 saturated heterocycles. The molecule has 0 aliphatic heterocycles. The third-order valence-electron chi connectivity index (χ3n) is 2.80. The van der Waals surface area contributed by atoms with Crippen molar-refractivity contribution in [3.63, 3.8) is 0 Å². The fourth-order valence-corrected chi connectivity index (χ4v) is 2.06. The van der Waals surface area contributed by atoms with Crippen LogP contribution in [0.3, 0.4) is 0 Å². The molecule has 0 bridgehead atoms. The number of nitrogens with one attached hydrogen (secondary N) is 1. The van der Waals surface area contributed by atoms with E-state index in [0.717, 1.165) is 18.4 Å². The van der Waals surface area contributed by atoms with Gasteiger partial charge in [0.2, 0.25) is 0 Å². The Morgan fingerprint density at radius 3 is 3.20 bits per heavy atom. The number of hydrogen-bond acceptors (Lipinski definition) is 1. The molecule has 0 fully saturated rings. The zero-order valence-corrected chi connectivity index (χ0v) is 8.81. The van der Waals surface area contributed by atoms with Crippen LogP contribution in [0.2, 0.25) is 0 Å². The zero-order chi connectivity index (χ0) is 10.7. The van der Waals surface area contributed by atoms with Crippen molar-refractivity contribution >= 4 is 0 Å². The standard InChI is InChI=1S/C13H14FN/c1-2-3-8-15-13-7-4-10-9-11(14)5-6-12(10)13/h5-6,9,13,15H,4,7-8H2,1H3. The van der Waals surface area contributed by atoms with E-state index >= 15 is 0 Å². The highest BCUT2D eigenvalue weighted by Gasteiger charge is 2.21. The number of aryl methyl sites for hydroxylation is 1. The fourth-order valence-electron chi connectivity index (χ4n) is 2.06. The minimum absolute atomic E-state index is 0.136. The van der Waals surface area contributed by atoms with Gasteiger partial charge in [-0.25, -0.2) is 4.39 Å². The second kappa shape index (κ2) is 4.46. The van der Waals surface area contributed by atoms with Gasteiger partial charge in [0, 0.05) is 6.04 Å². The van der Waals surface area contributed by atoms with Crippen molar-refractivity contribution in [2.75, 3.05) is 6.54 Å².